The second-order valence-corrected chi connectivity index (χ2v) is 15.8. The molecule has 0 spiro atoms. The summed E-state index contributed by atoms with van der Waals surface area (Å²) in [5.41, 5.74) is 2.14. The summed E-state index contributed by atoms with van der Waals surface area (Å²) in [7, 11) is 3.73. The number of amides is 1. The van der Waals surface area contributed by atoms with Gasteiger partial charge in [-0.2, -0.15) is 0 Å². The van der Waals surface area contributed by atoms with Crippen molar-refractivity contribution in [3.63, 3.8) is 0 Å². The van der Waals surface area contributed by atoms with Gasteiger partial charge in [0.15, 0.2) is 12.0 Å². The fraction of sp³-hybridized carbons (Fsp3) is 0.533. The number of esters is 1. The van der Waals surface area contributed by atoms with Gasteiger partial charge in [0.1, 0.15) is 30.8 Å². The monoisotopic (exact) mass is 591 g/mol. The molecule has 2 aromatic carbocycles. The molecule has 0 saturated carbocycles. The Bertz CT molecular complexity index is 1140. The maximum Gasteiger partial charge on any atom is 0.408 e. The minimum atomic E-state index is -2.26. The SMILES string of the molecule is COc1c(C[C@H](NC(=O)OCc2ccccc2)C(=O)OCC(OC)OC)cc(O[Si](C)(C)C(C)(C)C)c(OC)c1C. The van der Waals surface area contributed by atoms with Gasteiger partial charge >= 0.3 is 12.1 Å². The Labute approximate surface area is 244 Å². The highest BCUT2D eigenvalue weighted by molar-refractivity contribution is 6.74. The van der Waals surface area contributed by atoms with E-state index in [9.17, 15) is 9.59 Å². The van der Waals surface area contributed by atoms with Crippen LogP contribution in [0, 0.1) is 6.92 Å². The third-order valence-electron chi connectivity index (χ3n) is 7.18. The van der Waals surface area contributed by atoms with E-state index in [1.807, 2.05) is 37.3 Å². The van der Waals surface area contributed by atoms with Gasteiger partial charge in [0, 0.05) is 31.8 Å². The molecule has 0 aromatic heterocycles. The van der Waals surface area contributed by atoms with Crippen molar-refractivity contribution in [1.82, 2.24) is 5.32 Å². The van der Waals surface area contributed by atoms with Crippen LogP contribution >= 0.6 is 0 Å². The molecule has 0 aliphatic carbocycles. The van der Waals surface area contributed by atoms with Gasteiger partial charge in [-0.3, -0.25) is 0 Å². The summed E-state index contributed by atoms with van der Waals surface area (Å²) in [6.45, 7) is 12.4. The Balaban J connectivity index is 2.42. The molecular formula is C30H45NO9Si. The van der Waals surface area contributed by atoms with Crippen LogP contribution in [0.3, 0.4) is 0 Å². The third-order valence-corrected chi connectivity index (χ3v) is 11.5. The zero-order valence-electron chi connectivity index (χ0n) is 25.9. The van der Waals surface area contributed by atoms with Crippen molar-refractivity contribution >= 4 is 20.4 Å². The number of carbonyl (C=O) groups excluding carboxylic acids is 2. The molecule has 0 unspecified atom stereocenters. The van der Waals surface area contributed by atoms with Crippen LogP contribution in [0.4, 0.5) is 4.79 Å². The van der Waals surface area contributed by atoms with Crippen molar-refractivity contribution in [2.45, 2.75) is 71.2 Å². The second-order valence-electron chi connectivity index (χ2n) is 11.1. The number of hydrogen-bond acceptors (Lipinski definition) is 9. The standard InChI is InChI=1S/C30H45NO9Si/c1-20-26(36-7)22(17-24(27(20)37-8)40-41(9,10)30(2,3)4)16-23(28(32)38-19-25(34-5)35-6)31-29(33)39-18-21-14-12-11-13-15-21/h11-15,17,23,25H,16,18-19H2,1-10H3,(H,31,33)/t23-/m0/s1. The molecule has 0 saturated heterocycles. The molecule has 0 aliphatic heterocycles. The topological polar surface area (TPSA) is 111 Å². The molecule has 0 fully saturated rings. The molecule has 0 heterocycles. The maximum absolute atomic E-state index is 13.3. The second kappa shape index (κ2) is 15.1. The van der Waals surface area contributed by atoms with Crippen molar-refractivity contribution in [3.05, 3.63) is 53.1 Å². The Hall–Kier alpha value is -3.28. The van der Waals surface area contributed by atoms with Crippen LogP contribution < -0.4 is 19.2 Å². The first-order valence-electron chi connectivity index (χ1n) is 13.4. The Morgan fingerprint density at radius 1 is 0.927 bits per heavy atom. The molecule has 1 atom stereocenters. The highest BCUT2D eigenvalue weighted by atomic mass is 28.4. The predicted octanol–water partition coefficient (Wildman–Crippen LogP) is 5.40. The lowest BCUT2D eigenvalue weighted by Gasteiger charge is -2.37. The minimum Gasteiger partial charge on any atom is -0.541 e. The van der Waals surface area contributed by atoms with E-state index in [1.54, 1.807) is 13.2 Å². The number of ether oxygens (including phenoxy) is 6. The van der Waals surface area contributed by atoms with Crippen LogP contribution in [-0.4, -0.2) is 67.8 Å². The summed E-state index contributed by atoms with van der Waals surface area (Å²) >= 11 is 0. The van der Waals surface area contributed by atoms with Crippen molar-refractivity contribution in [3.8, 4) is 17.2 Å². The van der Waals surface area contributed by atoms with Crippen molar-refractivity contribution in [1.29, 1.82) is 0 Å². The number of rotatable bonds is 14. The van der Waals surface area contributed by atoms with E-state index in [1.165, 1.54) is 21.3 Å². The van der Waals surface area contributed by atoms with Gasteiger partial charge in [0.25, 0.3) is 8.32 Å². The molecule has 0 bridgehead atoms. The van der Waals surface area contributed by atoms with E-state index in [-0.39, 0.29) is 24.7 Å². The summed E-state index contributed by atoms with van der Waals surface area (Å²) in [6, 6.07) is 9.93. The maximum atomic E-state index is 13.3. The summed E-state index contributed by atoms with van der Waals surface area (Å²) in [6.07, 6.45) is -1.49. The van der Waals surface area contributed by atoms with Crippen LogP contribution in [0.15, 0.2) is 36.4 Å². The number of nitrogens with one attached hydrogen (secondary N) is 1. The van der Waals surface area contributed by atoms with Crippen molar-refractivity contribution < 1.29 is 42.4 Å². The van der Waals surface area contributed by atoms with Gasteiger partial charge in [-0.1, -0.05) is 51.1 Å². The summed E-state index contributed by atoms with van der Waals surface area (Å²) < 4.78 is 39.2. The normalized spacial score (nSPS) is 12.5. The number of alkyl carbamates (subject to hydrolysis) is 1. The van der Waals surface area contributed by atoms with Crippen LogP contribution in [0.2, 0.25) is 18.1 Å². The zero-order chi connectivity index (χ0) is 30.8. The van der Waals surface area contributed by atoms with Gasteiger partial charge in [-0.05, 0) is 36.7 Å². The van der Waals surface area contributed by atoms with Gasteiger partial charge < -0.3 is 38.2 Å². The first-order valence-corrected chi connectivity index (χ1v) is 16.3. The fourth-order valence-corrected chi connectivity index (χ4v) is 4.82. The summed E-state index contributed by atoms with van der Waals surface area (Å²) in [5.74, 6) is 0.911. The predicted molar refractivity (Wildman–Crippen MR) is 158 cm³/mol. The average molecular weight is 592 g/mol. The molecule has 0 radical (unpaired) electrons. The van der Waals surface area contributed by atoms with Gasteiger partial charge in [-0.25, -0.2) is 9.59 Å². The highest BCUT2D eigenvalue weighted by Crippen LogP contribution is 2.45. The molecule has 41 heavy (non-hydrogen) atoms. The van der Waals surface area contributed by atoms with Crippen molar-refractivity contribution in [2.75, 3.05) is 35.0 Å². The van der Waals surface area contributed by atoms with E-state index in [2.05, 4.69) is 39.2 Å². The van der Waals surface area contributed by atoms with E-state index in [4.69, 9.17) is 32.8 Å². The van der Waals surface area contributed by atoms with Crippen molar-refractivity contribution in [2.24, 2.45) is 0 Å². The molecule has 2 rings (SSSR count). The number of carbonyl (C=O) groups is 2. The molecule has 2 aromatic rings. The minimum absolute atomic E-state index is 0.0335. The highest BCUT2D eigenvalue weighted by Gasteiger charge is 2.40. The average Bonchev–Trinajstić information content (AvgIpc) is 2.92. The van der Waals surface area contributed by atoms with Crippen LogP contribution in [-0.2, 0) is 36.8 Å². The molecule has 1 amide bonds. The third kappa shape index (κ3) is 9.37. The van der Waals surface area contributed by atoms with Gasteiger partial charge in [0.2, 0.25) is 0 Å². The zero-order valence-corrected chi connectivity index (χ0v) is 26.9. The summed E-state index contributed by atoms with van der Waals surface area (Å²) in [4.78, 5) is 26.1. The smallest absolute Gasteiger partial charge is 0.408 e. The van der Waals surface area contributed by atoms with Crippen LogP contribution in [0.1, 0.15) is 37.5 Å². The lowest BCUT2D eigenvalue weighted by molar-refractivity contribution is -0.168. The van der Waals surface area contributed by atoms with E-state index in [0.717, 1.165) is 5.56 Å². The Morgan fingerprint density at radius 3 is 2.07 bits per heavy atom. The first-order chi connectivity index (χ1) is 19.3. The number of benzene rings is 2. The Kier molecular flexibility index (Phi) is 12.5. The number of hydrogen-bond donors (Lipinski definition) is 1. The fourth-order valence-electron chi connectivity index (χ4n) is 3.81. The first kappa shape index (κ1) is 33.9. The lowest BCUT2D eigenvalue weighted by Crippen LogP contribution is -2.45. The molecular weight excluding hydrogens is 546 g/mol. The molecule has 1 N–H and O–H groups in total. The number of methoxy groups -OCH3 is 4. The van der Waals surface area contributed by atoms with E-state index in [0.29, 0.717) is 28.4 Å². The van der Waals surface area contributed by atoms with Crippen LogP contribution in [0.5, 0.6) is 17.2 Å². The van der Waals surface area contributed by atoms with E-state index < -0.39 is 32.7 Å². The Morgan fingerprint density at radius 2 is 1.54 bits per heavy atom. The molecule has 228 valence electrons. The van der Waals surface area contributed by atoms with Crippen LogP contribution in [0.25, 0.3) is 0 Å². The van der Waals surface area contributed by atoms with E-state index >= 15 is 0 Å². The lowest BCUT2D eigenvalue weighted by atomic mass is 10.0. The summed E-state index contributed by atoms with van der Waals surface area (Å²) in [5, 5.41) is 2.58. The molecule has 10 nitrogen and oxygen atoms in total. The quantitative estimate of drug-likeness (QED) is 0.175. The molecule has 11 heteroatoms. The van der Waals surface area contributed by atoms with Gasteiger partial charge in [0.05, 0.1) is 14.2 Å². The molecule has 0 aliphatic rings. The largest absolute Gasteiger partial charge is 0.541 e. The van der Waals surface area contributed by atoms with Gasteiger partial charge in [-0.15, -0.1) is 0 Å².